The van der Waals surface area contributed by atoms with E-state index in [0.29, 0.717) is 44.2 Å². The molecule has 29 heavy (non-hydrogen) atoms. The van der Waals surface area contributed by atoms with E-state index in [-0.39, 0.29) is 24.3 Å². The highest BCUT2D eigenvalue weighted by molar-refractivity contribution is 5.95. The van der Waals surface area contributed by atoms with E-state index >= 15 is 0 Å². The first-order chi connectivity index (χ1) is 14.0. The average Bonchev–Trinajstić information content (AvgIpc) is 3.17. The Hall–Kier alpha value is -3.29. The highest BCUT2D eigenvalue weighted by Gasteiger charge is 2.25. The third-order valence-electron chi connectivity index (χ3n) is 4.82. The van der Waals surface area contributed by atoms with Crippen molar-refractivity contribution < 1.29 is 19.1 Å². The van der Waals surface area contributed by atoms with Gasteiger partial charge in [0.05, 0.1) is 6.61 Å². The van der Waals surface area contributed by atoms with Crippen LogP contribution in [0.4, 0.5) is 5.69 Å². The molecule has 0 unspecified atom stereocenters. The van der Waals surface area contributed by atoms with Crippen molar-refractivity contribution in [3.05, 3.63) is 48.3 Å². The first kappa shape index (κ1) is 20.4. The van der Waals surface area contributed by atoms with Crippen LogP contribution in [0.3, 0.4) is 0 Å². The van der Waals surface area contributed by atoms with Crippen LogP contribution in [0.5, 0.6) is 5.75 Å². The first-order valence-electron chi connectivity index (χ1n) is 9.70. The van der Waals surface area contributed by atoms with Crippen LogP contribution in [-0.2, 0) is 16.1 Å². The third-order valence-corrected chi connectivity index (χ3v) is 4.82. The number of piperazine rings is 1. The number of nitrogens with one attached hydrogen (secondary N) is 1. The van der Waals surface area contributed by atoms with Crippen molar-refractivity contribution in [2.75, 3.05) is 38.1 Å². The molecule has 3 amide bonds. The molecule has 0 radical (unpaired) electrons. The normalized spacial score (nSPS) is 13.9. The second-order valence-electron chi connectivity index (χ2n) is 6.83. The smallest absolute Gasteiger partial charge is 0.270 e. The van der Waals surface area contributed by atoms with Gasteiger partial charge in [-0.2, -0.15) is 0 Å². The standard InChI is InChI=1S/C21H26N4O4/c1-3-29-18-8-6-17(7-9-18)22-20(27)15-25-10-4-5-19(25)21(28)24-13-11-23(12-14-24)16(2)26/h4-10H,3,11-15H2,1-2H3,(H,22,27). The summed E-state index contributed by atoms with van der Waals surface area (Å²) in [5.74, 6) is 0.410. The Morgan fingerprint density at radius 3 is 2.28 bits per heavy atom. The Balaban J connectivity index is 1.59. The number of nitrogens with zero attached hydrogens (tertiary/aromatic N) is 3. The molecule has 1 aliphatic rings. The molecule has 0 aliphatic carbocycles. The van der Waals surface area contributed by atoms with Crippen LogP contribution >= 0.6 is 0 Å². The van der Waals surface area contributed by atoms with Gasteiger partial charge in [0, 0.05) is 45.0 Å². The molecule has 1 aliphatic heterocycles. The summed E-state index contributed by atoms with van der Waals surface area (Å²) in [5.41, 5.74) is 1.13. The molecule has 0 atom stereocenters. The predicted octanol–water partition coefficient (Wildman–Crippen LogP) is 1.83. The van der Waals surface area contributed by atoms with E-state index in [9.17, 15) is 14.4 Å². The Bertz CT molecular complexity index is 867. The van der Waals surface area contributed by atoms with Gasteiger partial charge in [-0.25, -0.2) is 0 Å². The molecule has 1 saturated heterocycles. The summed E-state index contributed by atoms with van der Waals surface area (Å²) in [5, 5.41) is 2.83. The summed E-state index contributed by atoms with van der Waals surface area (Å²) in [6.45, 7) is 6.10. The zero-order chi connectivity index (χ0) is 20.8. The molecular formula is C21H26N4O4. The van der Waals surface area contributed by atoms with Crippen molar-refractivity contribution in [1.29, 1.82) is 0 Å². The van der Waals surface area contributed by atoms with Gasteiger partial charge in [-0.15, -0.1) is 0 Å². The Kier molecular flexibility index (Phi) is 6.54. The highest BCUT2D eigenvalue weighted by Crippen LogP contribution is 2.16. The average molecular weight is 398 g/mol. The fourth-order valence-electron chi connectivity index (χ4n) is 3.29. The number of hydrogen-bond acceptors (Lipinski definition) is 4. The van der Waals surface area contributed by atoms with Crippen LogP contribution in [0, 0.1) is 0 Å². The largest absolute Gasteiger partial charge is 0.494 e. The molecule has 8 nitrogen and oxygen atoms in total. The number of ether oxygens (including phenoxy) is 1. The molecule has 1 aromatic heterocycles. The Morgan fingerprint density at radius 1 is 1.00 bits per heavy atom. The SMILES string of the molecule is CCOc1ccc(NC(=O)Cn2cccc2C(=O)N2CCN(C(C)=O)CC2)cc1. The minimum atomic E-state index is -0.221. The van der Waals surface area contributed by atoms with Gasteiger partial charge in [0.25, 0.3) is 5.91 Å². The van der Waals surface area contributed by atoms with E-state index in [0.717, 1.165) is 5.75 Å². The third kappa shape index (κ3) is 5.16. The fraction of sp³-hybridized carbons (Fsp3) is 0.381. The van der Waals surface area contributed by atoms with E-state index in [4.69, 9.17) is 4.74 Å². The number of benzene rings is 1. The van der Waals surface area contributed by atoms with Crippen molar-refractivity contribution >= 4 is 23.4 Å². The van der Waals surface area contributed by atoms with Crippen molar-refractivity contribution in [3.63, 3.8) is 0 Å². The lowest BCUT2D eigenvalue weighted by molar-refractivity contribution is -0.130. The molecule has 0 spiro atoms. The second-order valence-corrected chi connectivity index (χ2v) is 6.83. The van der Waals surface area contributed by atoms with Crippen molar-refractivity contribution in [2.24, 2.45) is 0 Å². The number of amides is 3. The van der Waals surface area contributed by atoms with Crippen LogP contribution in [0.2, 0.25) is 0 Å². The molecule has 0 bridgehead atoms. The summed E-state index contributed by atoms with van der Waals surface area (Å²) in [6.07, 6.45) is 1.72. The van der Waals surface area contributed by atoms with Crippen LogP contribution < -0.4 is 10.1 Å². The van der Waals surface area contributed by atoms with E-state index in [1.807, 2.05) is 6.92 Å². The monoisotopic (exact) mass is 398 g/mol. The maximum absolute atomic E-state index is 12.9. The van der Waals surface area contributed by atoms with Crippen molar-refractivity contribution in [3.8, 4) is 5.75 Å². The molecule has 1 N–H and O–H groups in total. The maximum atomic E-state index is 12.9. The summed E-state index contributed by atoms with van der Waals surface area (Å²) in [4.78, 5) is 40.2. The van der Waals surface area contributed by atoms with Crippen molar-refractivity contribution in [2.45, 2.75) is 20.4 Å². The number of hydrogen-bond donors (Lipinski definition) is 1. The molecular weight excluding hydrogens is 372 g/mol. The number of aromatic nitrogens is 1. The van der Waals surface area contributed by atoms with Gasteiger partial charge in [0.1, 0.15) is 18.0 Å². The molecule has 8 heteroatoms. The van der Waals surface area contributed by atoms with Crippen LogP contribution in [0.1, 0.15) is 24.3 Å². The predicted molar refractivity (Wildman–Crippen MR) is 109 cm³/mol. The van der Waals surface area contributed by atoms with Gasteiger partial charge in [0.2, 0.25) is 11.8 Å². The molecule has 0 saturated carbocycles. The van der Waals surface area contributed by atoms with E-state index in [2.05, 4.69) is 5.32 Å². The molecule has 2 aromatic rings. The lowest BCUT2D eigenvalue weighted by atomic mass is 10.2. The number of rotatable bonds is 6. The lowest BCUT2D eigenvalue weighted by Gasteiger charge is -2.34. The summed E-state index contributed by atoms with van der Waals surface area (Å²) >= 11 is 0. The minimum Gasteiger partial charge on any atom is -0.494 e. The quantitative estimate of drug-likeness (QED) is 0.805. The second kappa shape index (κ2) is 9.27. The van der Waals surface area contributed by atoms with Gasteiger partial charge in [-0.3, -0.25) is 14.4 Å². The highest BCUT2D eigenvalue weighted by atomic mass is 16.5. The van der Waals surface area contributed by atoms with Gasteiger partial charge in [-0.05, 0) is 43.3 Å². The van der Waals surface area contributed by atoms with Crippen LogP contribution in [0.25, 0.3) is 0 Å². The first-order valence-corrected chi connectivity index (χ1v) is 9.70. The zero-order valence-corrected chi connectivity index (χ0v) is 16.8. The van der Waals surface area contributed by atoms with Gasteiger partial charge in [-0.1, -0.05) is 0 Å². The molecule has 3 rings (SSSR count). The molecule has 2 heterocycles. The summed E-state index contributed by atoms with van der Waals surface area (Å²) in [7, 11) is 0. The van der Waals surface area contributed by atoms with E-state index in [1.165, 1.54) is 6.92 Å². The Morgan fingerprint density at radius 2 is 1.66 bits per heavy atom. The van der Waals surface area contributed by atoms with Crippen LogP contribution in [-0.4, -0.2) is 64.9 Å². The topological polar surface area (TPSA) is 83.9 Å². The van der Waals surface area contributed by atoms with E-state index < -0.39 is 0 Å². The number of carbonyl (C=O) groups excluding carboxylic acids is 3. The lowest BCUT2D eigenvalue weighted by Crippen LogP contribution is -2.50. The van der Waals surface area contributed by atoms with Gasteiger partial charge < -0.3 is 24.4 Å². The zero-order valence-electron chi connectivity index (χ0n) is 16.8. The number of carbonyl (C=O) groups is 3. The summed E-state index contributed by atoms with van der Waals surface area (Å²) in [6, 6.07) is 10.6. The van der Waals surface area contributed by atoms with Gasteiger partial charge >= 0.3 is 0 Å². The number of anilines is 1. The van der Waals surface area contributed by atoms with Crippen LogP contribution in [0.15, 0.2) is 42.6 Å². The molecule has 1 aromatic carbocycles. The maximum Gasteiger partial charge on any atom is 0.270 e. The Labute approximate surface area is 170 Å². The summed E-state index contributed by atoms with van der Waals surface area (Å²) < 4.78 is 7.03. The molecule has 1 fully saturated rings. The fourth-order valence-corrected chi connectivity index (χ4v) is 3.29. The van der Waals surface area contributed by atoms with Gasteiger partial charge in [0.15, 0.2) is 0 Å². The molecule has 154 valence electrons. The van der Waals surface area contributed by atoms with E-state index in [1.54, 1.807) is 57.0 Å². The van der Waals surface area contributed by atoms with Crippen molar-refractivity contribution in [1.82, 2.24) is 14.4 Å². The minimum absolute atomic E-state index is 0.0198.